The van der Waals surface area contributed by atoms with Crippen LogP contribution >= 0.6 is 0 Å². The van der Waals surface area contributed by atoms with Crippen molar-refractivity contribution in [3.05, 3.63) is 76.8 Å². The number of methoxy groups -OCH3 is 1. The van der Waals surface area contributed by atoms with E-state index in [1.807, 2.05) is 36.4 Å². The summed E-state index contributed by atoms with van der Waals surface area (Å²) in [7, 11) is 1.48. The maximum Gasteiger partial charge on any atom is 0.270 e. The summed E-state index contributed by atoms with van der Waals surface area (Å²) in [5.41, 5.74) is 1.78. The van der Waals surface area contributed by atoms with Crippen LogP contribution in [0, 0.1) is 0 Å². The van der Waals surface area contributed by atoms with Crippen LogP contribution in [0.2, 0.25) is 0 Å². The zero-order valence-electron chi connectivity index (χ0n) is 14.3. The molecule has 0 spiro atoms. The van der Waals surface area contributed by atoms with Gasteiger partial charge in [-0.15, -0.1) is 0 Å². The molecule has 0 fully saturated rings. The van der Waals surface area contributed by atoms with Gasteiger partial charge in [0.25, 0.3) is 5.56 Å². The summed E-state index contributed by atoms with van der Waals surface area (Å²) in [5.74, 6) is 0.0563. The lowest BCUT2D eigenvalue weighted by atomic mass is 10.1. The molecule has 0 saturated heterocycles. The molecule has 7 nitrogen and oxygen atoms in total. The molecule has 3 aromatic rings. The first kappa shape index (κ1) is 17.3. The van der Waals surface area contributed by atoms with Gasteiger partial charge < -0.3 is 10.1 Å². The molecule has 3 rings (SSSR count). The standard InChI is InChI=1S/C19H18N4O3/c1-26-16-10-18(25)23(22-19(16)15-7-3-2-4-8-15)13-17(24)21-12-14-6-5-9-20-11-14/h2-11H,12-13H2,1H3,(H,21,24). The second kappa shape index (κ2) is 8.06. The molecule has 0 atom stereocenters. The quantitative estimate of drug-likeness (QED) is 0.730. The van der Waals surface area contributed by atoms with Crippen LogP contribution in [0.4, 0.5) is 0 Å². The van der Waals surface area contributed by atoms with Crippen molar-refractivity contribution in [2.45, 2.75) is 13.1 Å². The number of rotatable bonds is 6. The van der Waals surface area contributed by atoms with Crippen LogP contribution in [-0.2, 0) is 17.9 Å². The Morgan fingerprint density at radius 1 is 1.19 bits per heavy atom. The van der Waals surface area contributed by atoms with Crippen LogP contribution < -0.4 is 15.6 Å². The normalized spacial score (nSPS) is 10.3. The van der Waals surface area contributed by atoms with E-state index in [0.717, 1.165) is 15.8 Å². The highest BCUT2D eigenvalue weighted by Gasteiger charge is 2.13. The van der Waals surface area contributed by atoms with E-state index < -0.39 is 5.56 Å². The van der Waals surface area contributed by atoms with Gasteiger partial charge in [0.15, 0.2) is 5.75 Å². The van der Waals surface area contributed by atoms with Crippen LogP contribution in [0.15, 0.2) is 65.7 Å². The van der Waals surface area contributed by atoms with Gasteiger partial charge in [0.1, 0.15) is 12.2 Å². The Kier molecular flexibility index (Phi) is 5.38. The Morgan fingerprint density at radius 3 is 2.69 bits per heavy atom. The molecule has 2 aromatic heterocycles. The number of carbonyl (C=O) groups excluding carboxylic acids is 1. The third-order valence-electron chi connectivity index (χ3n) is 3.74. The molecule has 2 heterocycles. The highest BCUT2D eigenvalue weighted by molar-refractivity contribution is 5.75. The highest BCUT2D eigenvalue weighted by atomic mass is 16.5. The topological polar surface area (TPSA) is 86.1 Å². The van der Waals surface area contributed by atoms with Crippen molar-refractivity contribution >= 4 is 5.91 Å². The minimum Gasteiger partial charge on any atom is -0.494 e. The fourth-order valence-corrected chi connectivity index (χ4v) is 2.43. The monoisotopic (exact) mass is 350 g/mol. The second-order valence-electron chi connectivity index (χ2n) is 5.56. The van der Waals surface area contributed by atoms with Crippen LogP contribution in [0.25, 0.3) is 11.3 Å². The maximum absolute atomic E-state index is 12.2. The first-order valence-electron chi connectivity index (χ1n) is 8.04. The molecule has 0 unspecified atom stereocenters. The number of benzene rings is 1. The van der Waals surface area contributed by atoms with E-state index in [1.165, 1.54) is 13.2 Å². The molecule has 0 radical (unpaired) electrons. The summed E-state index contributed by atoms with van der Waals surface area (Å²) in [5, 5.41) is 7.07. The molecule has 1 N–H and O–H groups in total. The van der Waals surface area contributed by atoms with E-state index >= 15 is 0 Å². The lowest BCUT2D eigenvalue weighted by molar-refractivity contribution is -0.122. The highest BCUT2D eigenvalue weighted by Crippen LogP contribution is 2.25. The van der Waals surface area contributed by atoms with Crippen molar-refractivity contribution in [3.8, 4) is 17.0 Å². The Hall–Kier alpha value is -3.48. The van der Waals surface area contributed by atoms with Crippen molar-refractivity contribution in [3.63, 3.8) is 0 Å². The van der Waals surface area contributed by atoms with Gasteiger partial charge in [-0.3, -0.25) is 14.6 Å². The first-order chi connectivity index (χ1) is 12.7. The van der Waals surface area contributed by atoms with Crippen LogP contribution in [0.1, 0.15) is 5.56 Å². The zero-order chi connectivity index (χ0) is 18.4. The second-order valence-corrected chi connectivity index (χ2v) is 5.56. The largest absolute Gasteiger partial charge is 0.494 e. The zero-order valence-corrected chi connectivity index (χ0v) is 14.3. The SMILES string of the molecule is COc1cc(=O)n(CC(=O)NCc2cccnc2)nc1-c1ccccc1. The van der Waals surface area contributed by atoms with Gasteiger partial charge in [-0.2, -0.15) is 5.10 Å². The number of pyridine rings is 1. The molecule has 0 aliphatic carbocycles. The van der Waals surface area contributed by atoms with E-state index in [-0.39, 0.29) is 12.5 Å². The third-order valence-corrected chi connectivity index (χ3v) is 3.74. The van der Waals surface area contributed by atoms with Gasteiger partial charge in [0.2, 0.25) is 5.91 Å². The molecule has 132 valence electrons. The molecule has 0 saturated carbocycles. The number of hydrogen-bond acceptors (Lipinski definition) is 5. The minimum absolute atomic E-state index is 0.178. The summed E-state index contributed by atoms with van der Waals surface area (Å²) in [6.45, 7) is 0.159. The molecule has 1 amide bonds. The third kappa shape index (κ3) is 4.13. The molecule has 1 aromatic carbocycles. The average molecular weight is 350 g/mol. The number of hydrogen-bond donors (Lipinski definition) is 1. The molecule has 0 bridgehead atoms. The maximum atomic E-state index is 12.2. The number of nitrogens with one attached hydrogen (secondary N) is 1. The lowest BCUT2D eigenvalue weighted by Crippen LogP contribution is -2.33. The number of aromatic nitrogens is 3. The lowest BCUT2D eigenvalue weighted by Gasteiger charge is -2.11. The molecular formula is C19H18N4O3. The molecule has 0 aliphatic rings. The van der Waals surface area contributed by atoms with Gasteiger partial charge in [-0.05, 0) is 11.6 Å². The summed E-state index contributed by atoms with van der Waals surface area (Å²) in [4.78, 5) is 28.4. The number of nitrogens with zero attached hydrogens (tertiary/aromatic N) is 3. The van der Waals surface area contributed by atoms with E-state index in [9.17, 15) is 9.59 Å². The Morgan fingerprint density at radius 2 is 2.00 bits per heavy atom. The van der Waals surface area contributed by atoms with Crippen LogP contribution in [0.5, 0.6) is 5.75 Å². The van der Waals surface area contributed by atoms with Crippen molar-refractivity contribution in [1.29, 1.82) is 0 Å². The van der Waals surface area contributed by atoms with Gasteiger partial charge in [-0.1, -0.05) is 36.4 Å². The van der Waals surface area contributed by atoms with Gasteiger partial charge in [0, 0.05) is 30.6 Å². The Balaban J connectivity index is 1.79. The summed E-state index contributed by atoms with van der Waals surface area (Å²) in [6.07, 6.45) is 3.34. The van der Waals surface area contributed by atoms with E-state index in [4.69, 9.17) is 4.74 Å². The Bertz CT molecular complexity index is 940. The van der Waals surface area contributed by atoms with Crippen molar-refractivity contribution in [2.24, 2.45) is 0 Å². The van der Waals surface area contributed by atoms with Crippen LogP contribution in [-0.4, -0.2) is 27.8 Å². The summed E-state index contributed by atoms with van der Waals surface area (Å²) >= 11 is 0. The smallest absolute Gasteiger partial charge is 0.270 e. The molecular weight excluding hydrogens is 332 g/mol. The fourth-order valence-electron chi connectivity index (χ4n) is 2.43. The summed E-state index contributed by atoms with van der Waals surface area (Å²) in [6, 6.07) is 14.3. The van der Waals surface area contributed by atoms with Crippen molar-refractivity contribution in [1.82, 2.24) is 20.1 Å². The fraction of sp³-hybridized carbons (Fsp3) is 0.158. The van der Waals surface area contributed by atoms with E-state index in [1.54, 1.807) is 18.5 Å². The summed E-state index contributed by atoms with van der Waals surface area (Å²) < 4.78 is 6.39. The van der Waals surface area contributed by atoms with Gasteiger partial charge in [-0.25, -0.2) is 4.68 Å². The first-order valence-corrected chi connectivity index (χ1v) is 8.04. The average Bonchev–Trinajstić information content (AvgIpc) is 2.69. The van der Waals surface area contributed by atoms with E-state index in [0.29, 0.717) is 18.0 Å². The number of carbonyl (C=O) groups is 1. The Labute approximate surface area is 150 Å². The predicted octanol–water partition coefficient (Wildman–Crippen LogP) is 1.63. The molecule has 26 heavy (non-hydrogen) atoms. The molecule has 0 aliphatic heterocycles. The van der Waals surface area contributed by atoms with Crippen molar-refractivity contribution in [2.75, 3.05) is 7.11 Å². The van der Waals surface area contributed by atoms with E-state index in [2.05, 4.69) is 15.4 Å². The molecule has 7 heteroatoms. The van der Waals surface area contributed by atoms with Gasteiger partial charge >= 0.3 is 0 Å². The van der Waals surface area contributed by atoms with Gasteiger partial charge in [0.05, 0.1) is 7.11 Å². The number of amides is 1. The predicted molar refractivity (Wildman–Crippen MR) is 96.6 cm³/mol. The number of ether oxygens (including phenoxy) is 1. The van der Waals surface area contributed by atoms with Crippen molar-refractivity contribution < 1.29 is 9.53 Å². The minimum atomic E-state index is -0.405. The van der Waals surface area contributed by atoms with Crippen LogP contribution in [0.3, 0.4) is 0 Å².